The summed E-state index contributed by atoms with van der Waals surface area (Å²) in [7, 11) is 0. The largest absolute Gasteiger partial charge is 0.415 e. The number of nitrogens with one attached hydrogen (secondary N) is 1. The Morgan fingerprint density at radius 3 is 2.55 bits per heavy atom. The second-order valence-corrected chi connectivity index (χ2v) is 9.59. The Morgan fingerprint density at radius 2 is 1.97 bits per heavy atom. The van der Waals surface area contributed by atoms with E-state index < -0.39 is 0 Å². The molecule has 29 heavy (non-hydrogen) atoms. The summed E-state index contributed by atoms with van der Waals surface area (Å²) >= 11 is 1.21. The molecule has 0 aromatic carbocycles. The highest BCUT2D eigenvalue weighted by molar-refractivity contribution is 7.99. The van der Waals surface area contributed by atoms with Gasteiger partial charge in [-0.1, -0.05) is 51.8 Å². The fraction of sp³-hybridized carbons (Fsp3) is 0.619. The van der Waals surface area contributed by atoms with Crippen molar-refractivity contribution in [1.82, 2.24) is 14.8 Å². The van der Waals surface area contributed by atoms with Crippen LogP contribution in [0.2, 0.25) is 0 Å². The second kappa shape index (κ2) is 8.62. The molecule has 0 radical (unpaired) electrons. The zero-order valence-corrected chi connectivity index (χ0v) is 18.7. The van der Waals surface area contributed by atoms with Gasteiger partial charge in [0, 0.05) is 17.2 Å². The van der Waals surface area contributed by atoms with Gasteiger partial charge in [0.15, 0.2) is 0 Å². The van der Waals surface area contributed by atoms with Crippen LogP contribution in [0.3, 0.4) is 0 Å². The predicted molar refractivity (Wildman–Crippen MR) is 113 cm³/mol. The molecule has 0 spiro atoms. The first kappa shape index (κ1) is 21.4. The lowest BCUT2D eigenvalue weighted by Gasteiger charge is -2.27. The molecule has 2 aromatic rings. The van der Waals surface area contributed by atoms with Crippen molar-refractivity contribution >= 4 is 23.5 Å². The van der Waals surface area contributed by atoms with Gasteiger partial charge in [0.2, 0.25) is 11.8 Å². The number of carbonyl (C=O) groups excluding carboxylic acids is 1. The van der Waals surface area contributed by atoms with Crippen LogP contribution < -0.4 is 5.32 Å². The maximum absolute atomic E-state index is 12.7. The number of aromatic nitrogens is 3. The third-order valence-corrected chi connectivity index (χ3v) is 6.26. The predicted octanol–water partition coefficient (Wildman–Crippen LogP) is 4.89. The van der Waals surface area contributed by atoms with Crippen molar-refractivity contribution in [2.45, 2.75) is 83.4 Å². The van der Waals surface area contributed by atoms with E-state index in [-0.39, 0.29) is 17.1 Å². The minimum Gasteiger partial charge on any atom is -0.415 e. The molecule has 7 nitrogen and oxygen atoms in total. The van der Waals surface area contributed by atoms with Crippen molar-refractivity contribution < 1.29 is 9.21 Å². The first-order chi connectivity index (χ1) is 13.7. The number of nitriles is 1. The van der Waals surface area contributed by atoms with E-state index in [9.17, 15) is 10.1 Å². The van der Waals surface area contributed by atoms with Gasteiger partial charge in [-0.25, -0.2) is 0 Å². The van der Waals surface area contributed by atoms with Gasteiger partial charge in [0.1, 0.15) is 11.9 Å². The van der Waals surface area contributed by atoms with E-state index in [1.54, 1.807) is 0 Å². The summed E-state index contributed by atoms with van der Waals surface area (Å²) in [5.74, 6) is 1.13. The molecule has 156 valence electrons. The molecular formula is C21H29N5O2S. The van der Waals surface area contributed by atoms with Crippen molar-refractivity contribution in [1.29, 1.82) is 5.26 Å². The fourth-order valence-corrected chi connectivity index (χ4v) is 4.31. The van der Waals surface area contributed by atoms with Gasteiger partial charge in [0.05, 0.1) is 11.3 Å². The van der Waals surface area contributed by atoms with Gasteiger partial charge in [0.25, 0.3) is 5.22 Å². The van der Waals surface area contributed by atoms with Gasteiger partial charge in [-0.05, 0) is 32.3 Å². The first-order valence-electron chi connectivity index (χ1n) is 10.1. The van der Waals surface area contributed by atoms with Crippen LogP contribution in [0.1, 0.15) is 81.6 Å². The van der Waals surface area contributed by atoms with Crippen LogP contribution in [0, 0.1) is 25.2 Å². The third-order valence-electron chi connectivity index (χ3n) is 5.44. The summed E-state index contributed by atoms with van der Waals surface area (Å²) in [5.41, 5.74) is 2.32. The summed E-state index contributed by atoms with van der Waals surface area (Å²) in [6, 6.07) is 2.61. The van der Waals surface area contributed by atoms with Crippen LogP contribution in [-0.4, -0.2) is 26.4 Å². The van der Waals surface area contributed by atoms with E-state index in [1.165, 1.54) is 31.0 Å². The topological polar surface area (TPSA) is 96.7 Å². The van der Waals surface area contributed by atoms with E-state index in [0.717, 1.165) is 24.1 Å². The Bertz CT molecular complexity index is 926. The molecular weight excluding hydrogens is 386 g/mol. The highest BCUT2D eigenvalue weighted by Crippen LogP contribution is 2.37. The summed E-state index contributed by atoms with van der Waals surface area (Å²) in [6.45, 7) is 9.96. The van der Waals surface area contributed by atoms with E-state index >= 15 is 0 Å². The van der Waals surface area contributed by atoms with Crippen molar-refractivity contribution in [3.63, 3.8) is 0 Å². The minimum absolute atomic E-state index is 0.143. The highest BCUT2D eigenvalue weighted by Gasteiger charge is 2.26. The third kappa shape index (κ3) is 4.67. The summed E-state index contributed by atoms with van der Waals surface area (Å²) in [5, 5.41) is 21.1. The zero-order chi connectivity index (χ0) is 21.2. The maximum atomic E-state index is 12.7. The number of carbonyl (C=O) groups is 1. The number of hydrogen-bond donors (Lipinski definition) is 1. The Morgan fingerprint density at radius 1 is 1.28 bits per heavy atom. The average Bonchev–Trinajstić information content (AvgIpc) is 3.25. The summed E-state index contributed by atoms with van der Waals surface area (Å²) in [4.78, 5) is 12.7. The van der Waals surface area contributed by atoms with E-state index in [2.05, 4.69) is 26.2 Å². The molecule has 0 unspecified atom stereocenters. The smallest absolute Gasteiger partial charge is 0.277 e. The molecule has 2 heterocycles. The number of anilines is 1. The molecule has 2 aromatic heterocycles. The molecule has 1 aliphatic rings. The monoisotopic (exact) mass is 415 g/mol. The Hall–Kier alpha value is -2.27. The maximum Gasteiger partial charge on any atom is 0.277 e. The minimum atomic E-state index is -0.231. The Balaban J connectivity index is 1.75. The fourth-order valence-electron chi connectivity index (χ4n) is 3.75. The molecule has 0 atom stereocenters. The SMILES string of the molecule is Cc1c(C#N)c(NC(=O)CSc2nnc(C(C)(C)C)o2)n(C2CCCCC2)c1C. The molecule has 0 bridgehead atoms. The molecule has 1 aliphatic carbocycles. The number of hydrogen-bond acceptors (Lipinski definition) is 6. The molecule has 1 fully saturated rings. The summed E-state index contributed by atoms with van der Waals surface area (Å²) in [6.07, 6.45) is 5.77. The van der Waals surface area contributed by atoms with Crippen molar-refractivity contribution in [3.05, 3.63) is 22.7 Å². The van der Waals surface area contributed by atoms with Crippen LogP contribution in [0.5, 0.6) is 0 Å². The van der Waals surface area contributed by atoms with E-state index in [4.69, 9.17) is 4.42 Å². The van der Waals surface area contributed by atoms with E-state index in [1.807, 2.05) is 34.6 Å². The molecule has 0 saturated heterocycles. The number of nitrogens with zero attached hydrogens (tertiary/aromatic N) is 4. The lowest BCUT2D eigenvalue weighted by molar-refractivity contribution is -0.113. The Labute approximate surface area is 176 Å². The quantitative estimate of drug-likeness (QED) is 0.698. The van der Waals surface area contributed by atoms with Crippen molar-refractivity contribution in [2.75, 3.05) is 11.1 Å². The molecule has 1 saturated carbocycles. The van der Waals surface area contributed by atoms with E-state index in [0.29, 0.717) is 28.5 Å². The highest BCUT2D eigenvalue weighted by atomic mass is 32.2. The average molecular weight is 416 g/mol. The molecule has 1 N–H and O–H groups in total. The first-order valence-corrected chi connectivity index (χ1v) is 11.1. The molecule has 8 heteroatoms. The molecule has 3 rings (SSSR count). The number of amides is 1. The van der Waals surface area contributed by atoms with Crippen LogP contribution in [0.15, 0.2) is 9.64 Å². The van der Waals surface area contributed by atoms with Crippen LogP contribution in [-0.2, 0) is 10.2 Å². The van der Waals surface area contributed by atoms with Gasteiger partial charge in [-0.15, -0.1) is 10.2 Å². The van der Waals surface area contributed by atoms with Crippen molar-refractivity contribution in [3.8, 4) is 6.07 Å². The second-order valence-electron chi connectivity index (χ2n) is 8.67. The van der Waals surface area contributed by atoms with Gasteiger partial charge in [-0.3, -0.25) is 4.79 Å². The lowest BCUT2D eigenvalue weighted by Crippen LogP contribution is -2.21. The van der Waals surface area contributed by atoms with Crippen molar-refractivity contribution in [2.24, 2.45) is 0 Å². The number of thioether (sulfide) groups is 1. The summed E-state index contributed by atoms with van der Waals surface area (Å²) < 4.78 is 7.81. The lowest BCUT2D eigenvalue weighted by atomic mass is 9.95. The molecule has 1 amide bonds. The van der Waals surface area contributed by atoms with Gasteiger partial charge >= 0.3 is 0 Å². The normalized spacial score (nSPS) is 15.3. The zero-order valence-electron chi connectivity index (χ0n) is 17.8. The van der Waals surface area contributed by atoms with Crippen LogP contribution in [0.25, 0.3) is 0 Å². The number of rotatable bonds is 5. The van der Waals surface area contributed by atoms with Gasteiger partial charge in [-0.2, -0.15) is 5.26 Å². The van der Waals surface area contributed by atoms with Gasteiger partial charge < -0.3 is 14.3 Å². The Kier molecular flexibility index (Phi) is 6.37. The molecule has 0 aliphatic heterocycles. The standard InChI is InChI=1S/C21H29N5O2S/c1-13-14(2)26(15-9-7-6-8-10-15)18(16(13)11-22)23-17(27)12-29-20-25-24-19(28-20)21(3,4)5/h15H,6-10,12H2,1-5H3,(H,23,27). The van der Waals surface area contributed by atoms with Crippen LogP contribution in [0.4, 0.5) is 5.82 Å². The van der Waals surface area contributed by atoms with Crippen LogP contribution >= 0.6 is 11.8 Å².